The predicted octanol–water partition coefficient (Wildman–Crippen LogP) is 2.47. The first-order valence-electron chi connectivity index (χ1n) is 4.27. The summed E-state index contributed by atoms with van der Waals surface area (Å²) in [4.78, 5) is 0. The van der Waals surface area contributed by atoms with Gasteiger partial charge in [0.05, 0.1) is 6.61 Å². The van der Waals surface area contributed by atoms with Crippen molar-refractivity contribution in [3.05, 3.63) is 35.9 Å². The highest BCUT2D eigenvalue weighted by Gasteiger charge is 2.32. The SMILES string of the molecule is ClC1(c2ccccc2)CCOCO1. The molecule has 0 aromatic heterocycles. The van der Waals surface area contributed by atoms with Gasteiger partial charge in [0.15, 0.2) is 5.06 Å². The van der Waals surface area contributed by atoms with Crippen molar-refractivity contribution in [1.82, 2.24) is 0 Å². The van der Waals surface area contributed by atoms with E-state index in [-0.39, 0.29) is 6.79 Å². The van der Waals surface area contributed by atoms with Gasteiger partial charge in [-0.2, -0.15) is 0 Å². The van der Waals surface area contributed by atoms with Gasteiger partial charge in [-0.1, -0.05) is 41.9 Å². The Morgan fingerprint density at radius 2 is 2.00 bits per heavy atom. The van der Waals surface area contributed by atoms with Crippen molar-refractivity contribution in [2.45, 2.75) is 11.5 Å². The van der Waals surface area contributed by atoms with E-state index >= 15 is 0 Å². The largest absolute Gasteiger partial charge is 0.355 e. The summed E-state index contributed by atoms with van der Waals surface area (Å²) in [5.74, 6) is 0. The van der Waals surface area contributed by atoms with Crippen LogP contribution < -0.4 is 0 Å². The summed E-state index contributed by atoms with van der Waals surface area (Å²) >= 11 is 6.30. The molecule has 1 aliphatic heterocycles. The molecular weight excluding hydrogens is 188 g/mol. The molecule has 0 spiro atoms. The molecule has 0 bridgehead atoms. The fourth-order valence-corrected chi connectivity index (χ4v) is 1.63. The summed E-state index contributed by atoms with van der Waals surface area (Å²) in [5.41, 5.74) is 1.000. The minimum absolute atomic E-state index is 0.276. The van der Waals surface area contributed by atoms with Crippen LogP contribution in [0.25, 0.3) is 0 Å². The van der Waals surface area contributed by atoms with Gasteiger partial charge < -0.3 is 9.47 Å². The normalized spacial score (nSPS) is 28.7. The van der Waals surface area contributed by atoms with Crippen molar-refractivity contribution in [2.75, 3.05) is 13.4 Å². The lowest BCUT2D eigenvalue weighted by atomic mass is 10.1. The van der Waals surface area contributed by atoms with Crippen molar-refractivity contribution in [2.24, 2.45) is 0 Å². The van der Waals surface area contributed by atoms with Crippen LogP contribution in [0, 0.1) is 0 Å². The van der Waals surface area contributed by atoms with Crippen LogP contribution in [0.15, 0.2) is 30.3 Å². The van der Waals surface area contributed by atoms with Crippen LogP contribution in [0.5, 0.6) is 0 Å². The van der Waals surface area contributed by atoms with E-state index in [1.54, 1.807) is 0 Å². The summed E-state index contributed by atoms with van der Waals surface area (Å²) in [6, 6.07) is 9.82. The first-order valence-corrected chi connectivity index (χ1v) is 4.65. The zero-order valence-corrected chi connectivity index (χ0v) is 7.96. The fourth-order valence-electron chi connectivity index (χ4n) is 1.38. The first-order chi connectivity index (χ1) is 6.31. The molecule has 70 valence electrons. The summed E-state index contributed by atoms with van der Waals surface area (Å²) in [6.45, 7) is 0.927. The molecule has 1 atom stereocenters. The van der Waals surface area contributed by atoms with Crippen molar-refractivity contribution in [1.29, 1.82) is 0 Å². The van der Waals surface area contributed by atoms with Gasteiger partial charge in [-0.15, -0.1) is 0 Å². The number of ether oxygens (including phenoxy) is 2. The monoisotopic (exact) mass is 198 g/mol. The number of rotatable bonds is 1. The molecule has 0 saturated carbocycles. The Balaban J connectivity index is 2.23. The maximum Gasteiger partial charge on any atom is 0.172 e. The Morgan fingerprint density at radius 3 is 2.62 bits per heavy atom. The Morgan fingerprint density at radius 1 is 1.23 bits per heavy atom. The zero-order valence-electron chi connectivity index (χ0n) is 7.20. The molecule has 1 aromatic rings. The lowest BCUT2D eigenvalue weighted by Gasteiger charge is -2.31. The smallest absolute Gasteiger partial charge is 0.172 e. The van der Waals surface area contributed by atoms with E-state index in [1.165, 1.54) is 0 Å². The molecule has 3 heteroatoms. The third kappa shape index (κ3) is 1.85. The summed E-state index contributed by atoms with van der Waals surface area (Å²) in [6.07, 6.45) is 0.693. The molecule has 1 unspecified atom stereocenters. The van der Waals surface area contributed by atoms with E-state index in [2.05, 4.69) is 0 Å². The molecule has 1 aromatic carbocycles. The van der Waals surface area contributed by atoms with Crippen molar-refractivity contribution >= 4 is 11.6 Å². The number of hydrogen-bond donors (Lipinski definition) is 0. The van der Waals surface area contributed by atoms with Crippen LogP contribution in [0.2, 0.25) is 0 Å². The van der Waals surface area contributed by atoms with Crippen LogP contribution in [-0.2, 0) is 14.5 Å². The van der Waals surface area contributed by atoms with Crippen LogP contribution in [-0.4, -0.2) is 13.4 Å². The predicted molar refractivity (Wildman–Crippen MR) is 50.5 cm³/mol. The number of halogens is 1. The second-order valence-electron chi connectivity index (χ2n) is 3.01. The van der Waals surface area contributed by atoms with E-state index in [0.717, 1.165) is 5.56 Å². The molecule has 1 saturated heterocycles. The summed E-state index contributed by atoms with van der Waals surface area (Å²) in [5, 5.41) is -0.681. The molecule has 0 aliphatic carbocycles. The van der Waals surface area contributed by atoms with Crippen LogP contribution in [0.1, 0.15) is 12.0 Å². The second-order valence-corrected chi connectivity index (χ2v) is 3.63. The quantitative estimate of drug-likeness (QED) is 0.646. The maximum absolute atomic E-state index is 6.30. The van der Waals surface area contributed by atoms with Crippen molar-refractivity contribution in [3.8, 4) is 0 Å². The van der Waals surface area contributed by atoms with Gasteiger partial charge in [-0.25, -0.2) is 0 Å². The average molecular weight is 199 g/mol. The van der Waals surface area contributed by atoms with Gasteiger partial charge in [0.2, 0.25) is 0 Å². The molecule has 2 nitrogen and oxygen atoms in total. The van der Waals surface area contributed by atoms with Gasteiger partial charge in [0.25, 0.3) is 0 Å². The van der Waals surface area contributed by atoms with E-state index in [9.17, 15) is 0 Å². The minimum atomic E-state index is -0.681. The van der Waals surface area contributed by atoms with Gasteiger partial charge in [-0.05, 0) is 5.56 Å². The zero-order chi connectivity index (χ0) is 9.15. The standard InChI is InChI=1S/C10H11ClO2/c11-10(6-7-12-8-13-10)9-4-2-1-3-5-9/h1-5H,6-8H2. The highest BCUT2D eigenvalue weighted by atomic mass is 35.5. The third-order valence-electron chi connectivity index (χ3n) is 2.14. The molecule has 1 aliphatic rings. The second kappa shape index (κ2) is 3.66. The van der Waals surface area contributed by atoms with Crippen molar-refractivity contribution in [3.63, 3.8) is 0 Å². The van der Waals surface area contributed by atoms with Crippen molar-refractivity contribution < 1.29 is 9.47 Å². The average Bonchev–Trinajstić information content (AvgIpc) is 2.20. The third-order valence-corrected chi connectivity index (χ3v) is 2.66. The summed E-state index contributed by atoms with van der Waals surface area (Å²) < 4.78 is 10.5. The molecule has 0 amide bonds. The Hall–Kier alpha value is -0.570. The molecular formula is C10H11ClO2. The molecule has 0 radical (unpaired) electrons. The number of hydrogen-bond acceptors (Lipinski definition) is 2. The van der Waals surface area contributed by atoms with Gasteiger partial charge >= 0.3 is 0 Å². The maximum atomic E-state index is 6.30. The molecule has 0 N–H and O–H groups in total. The Bertz CT molecular complexity index is 268. The molecule has 2 rings (SSSR count). The highest BCUT2D eigenvalue weighted by Crippen LogP contribution is 2.36. The molecule has 1 fully saturated rings. The van der Waals surface area contributed by atoms with Gasteiger partial charge in [-0.3, -0.25) is 0 Å². The Labute approximate surface area is 82.4 Å². The van der Waals surface area contributed by atoms with E-state index in [1.807, 2.05) is 30.3 Å². The van der Waals surface area contributed by atoms with E-state index < -0.39 is 5.06 Å². The van der Waals surface area contributed by atoms with Crippen LogP contribution in [0.3, 0.4) is 0 Å². The van der Waals surface area contributed by atoms with Crippen LogP contribution >= 0.6 is 11.6 Å². The van der Waals surface area contributed by atoms with Crippen LogP contribution in [0.4, 0.5) is 0 Å². The summed E-state index contributed by atoms with van der Waals surface area (Å²) in [7, 11) is 0. The topological polar surface area (TPSA) is 18.5 Å². The number of benzene rings is 1. The minimum Gasteiger partial charge on any atom is -0.355 e. The van der Waals surface area contributed by atoms with E-state index in [4.69, 9.17) is 21.1 Å². The van der Waals surface area contributed by atoms with E-state index in [0.29, 0.717) is 13.0 Å². The molecule has 13 heavy (non-hydrogen) atoms. The lowest BCUT2D eigenvalue weighted by Crippen LogP contribution is -2.30. The molecule has 1 heterocycles. The van der Waals surface area contributed by atoms with Gasteiger partial charge in [0.1, 0.15) is 6.79 Å². The van der Waals surface area contributed by atoms with Gasteiger partial charge in [0, 0.05) is 6.42 Å². The lowest BCUT2D eigenvalue weighted by molar-refractivity contribution is -0.161. The highest BCUT2D eigenvalue weighted by molar-refractivity contribution is 6.23. The first kappa shape index (κ1) is 9.00. The Kier molecular flexibility index (Phi) is 2.54. The fraction of sp³-hybridized carbons (Fsp3) is 0.400. The number of alkyl halides is 1.